The molecule has 24 heavy (non-hydrogen) atoms. The van der Waals surface area contributed by atoms with Crippen LogP contribution in [0, 0.1) is 0 Å². The molecular weight excluding hydrogens is 348 g/mol. The number of benzene rings is 2. The molecule has 0 aliphatic heterocycles. The summed E-state index contributed by atoms with van der Waals surface area (Å²) in [4.78, 5) is 0.244. The molecule has 0 aromatic heterocycles. The van der Waals surface area contributed by atoms with Gasteiger partial charge in [-0.1, -0.05) is 38.1 Å². The molecule has 0 heterocycles. The summed E-state index contributed by atoms with van der Waals surface area (Å²) in [6, 6.07) is 10.6. The average Bonchev–Trinajstić information content (AvgIpc) is 2.58. The molecular formula is C17H25ClN2O3S. The van der Waals surface area contributed by atoms with Gasteiger partial charge in [0.05, 0.1) is 12.0 Å². The van der Waals surface area contributed by atoms with E-state index < -0.39 is 15.6 Å². The molecule has 0 aliphatic rings. The number of nitrogens with two attached hydrogens (primary N) is 1. The summed E-state index contributed by atoms with van der Waals surface area (Å²) in [6.07, 6.45) is 1.26. The third-order valence-electron chi connectivity index (χ3n) is 4.45. The van der Waals surface area contributed by atoms with E-state index in [0.29, 0.717) is 24.0 Å². The second-order valence-electron chi connectivity index (χ2n) is 5.61. The van der Waals surface area contributed by atoms with Gasteiger partial charge in [-0.05, 0) is 25.0 Å². The van der Waals surface area contributed by atoms with Gasteiger partial charge in [-0.2, -0.15) is 0 Å². The lowest BCUT2D eigenvalue weighted by Crippen LogP contribution is -2.52. The van der Waals surface area contributed by atoms with Crippen LogP contribution in [-0.4, -0.2) is 27.6 Å². The van der Waals surface area contributed by atoms with Gasteiger partial charge in [0.15, 0.2) is 0 Å². The third-order valence-corrected chi connectivity index (χ3v) is 6.09. The second kappa shape index (κ2) is 8.16. The summed E-state index contributed by atoms with van der Waals surface area (Å²) >= 11 is 0. The first-order valence-electron chi connectivity index (χ1n) is 7.73. The number of methoxy groups -OCH3 is 1. The Hall–Kier alpha value is -1.34. The van der Waals surface area contributed by atoms with E-state index in [2.05, 4.69) is 4.72 Å². The first kappa shape index (κ1) is 20.7. The average molecular weight is 373 g/mol. The highest BCUT2D eigenvalue weighted by molar-refractivity contribution is 7.89. The lowest BCUT2D eigenvalue weighted by atomic mass is 9.95. The Morgan fingerprint density at radius 2 is 1.67 bits per heavy atom. The quantitative estimate of drug-likeness (QED) is 0.782. The standard InChI is InChI=1S/C17H24N2O3S.ClH/c1-4-17(5-2,12-18)19-23(20,21)16-11-10-15(22-3)13-8-6-7-9-14(13)16;/h6-11,19H,4-5,12,18H2,1-3H3;1H. The van der Waals surface area contributed by atoms with Crippen molar-refractivity contribution in [1.29, 1.82) is 0 Å². The molecule has 0 saturated carbocycles. The second-order valence-corrected chi connectivity index (χ2v) is 7.26. The fourth-order valence-electron chi connectivity index (χ4n) is 2.72. The summed E-state index contributed by atoms with van der Waals surface area (Å²) in [6.45, 7) is 4.13. The molecule has 0 atom stereocenters. The van der Waals surface area contributed by atoms with Crippen molar-refractivity contribution in [2.24, 2.45) is 5.73 Å². The van der Waals surface area contributed by atoms with Crippen molar-refractivity contribution < 1.29 is 13.2 Å². The summed E-state index contributed by atoms with van der Waals surface area (Å²) in [5.74, 6) is 0.649. The molecule has 0 bridgehead atoms. The number of sulfonamides is 1. The molecule has 0 fully saturated rings. The van der Waals surface area contributed by atoms with Gasteiger partial charge in [0.1, 0.15) is 5.75 Å². The molecule has 5 nitrogen and oxygen atoms in total. The van der Waals surface area contributed by atoms with E-state index in [9.17, 15) is 8.42 Å². The molecule has 0 spiro atoms. The van der Waals surface area contributed by atoms with Crippen LogP contribution in [0.25, 0.3) is 10.8 Å². The summed E-state index contributed by atoms with van der Waals surface area (Å²) < 4.78 is 34.0. The Bertz CT molecular complexity index is 781. The van der Waals surface area contributed by atoms with Crippen molar-refractivity contribution in [3.05, 3.63) is 36.4 Å². The van der Waals surface area contributed by atoms with Crippen LogP contribution in [0.4, 0.5) is 0 Å². The molecule has 2 rings (SSSR count). The Labute approximate surface area is 150 Å². The van der Waals surface area contributed by atoms with Gasteiger partial charge in [0.2, 0.25) is 10.0 Å². The van der Waals surface area contributed by atoms with E-state index in [-0.39, 0.29) is 23.8 Å². The lowest BCUT2D eigenvalue weighted by Gasteiger charge is -2.31. The zero-order valence-electron chi connectivity index (χ0n) is 14.2. The van der Waals surface area contributed by atoms with Crippen molar-refractivity contribution in [3.8, 4) is 5.75 Å². The van der Waals surface area contributed by atoms with Crippen molar-refractivity contribution in [2.75, 3.05) is 13.7 Å². The molecule has 0 unspecified atom stereocenters. The van der Waals surface area contributed by atoms with E-state index >= 15 is 0 Å². The fraction of sp³-hybridized carbons (Fsp3) is 0.412. The first-order chi connectivity index (χ1) is 10.9. The monoisotopic (exact) mass is 372 g/mol. The highest BCUT2D eigenvalue weighted by atomic mass is 35.5. The zero-order valence-corrected chi connectivity index (χ0v) is 15.8. The summed E-state index contributed by atoms with van der Waals surface area (Å²) in [5, 5.41) is 1.40. The van der Waals surface area contributed by atoms with Crippen molar-refractivity contribution in [1.82, 2.24) is 4.72 Å². The van der Waals surface area contributed by atoms with Crippen molar-refractivity contribution in [3.63, 3.8) is 0 Å². The fourth-order valence-corrected chi connectivity index (χ4v) is 4.49. The number of hydrogen-bond donors (Lipinski definition) is 2. The minimum Gasteiger partial charge on any atom is -0.496 e. The molecule has 0 saturated heterocycles. The topological polar surface area (TPSA) is 81.4 Å². The van der Waals surface area contributed by atoms with Crippen LogP contribution in [0.5, 0.6) is 5.75 Å². The van der Waals surface area contributed by atoms with Crippen molar-refractivity contribution >= 4 is 33.2 Å². The third kappa shape index (κ3) is 3.83. The smallest absolute Gasteiger partial charge is 0.241 e. The number of fused-ring (bicyclic) bond motifs is 1. The van der Waals surface area contributed by atoms with Crippen LogP contribution >= 0.6 is 12.4 Å². The SMILES string of the molecule is CCC(CC)(CN)NS(=O)(=O)c1ccc(OC)c2ccccc12.Cl. The number of ether oxygens (including phenoxy) is 1. The molecule has 0 aliphatic carbocycles. The zero-order chi connectivity index (χ0) is 17.1. The van der Waals surface area contributed by atoms with E-state index in [1.807, 2.05) is 32.0 Å². The predicted octanol–water partition coefficient (Wildman–Crippen LogP) is 3.07. The summed E-state index contributed by atoms with van der Waals surface area (Å²) in [7, 11) is -2.12. The van der Waals surface area contributed by atoms with Gasteiger partial charge in [0.25, 0.3) is 0 Å². The molecule has 0 amide bonds. The maximum atomic E-state index is 12.9. The molecule has 2 aromatic rings. The Kier molecular flexibility index (Phi) is 7.04. The minimum atomic E-state index is -3.69. The summed E-state index contributed by atoms with van der Waals surface area (Å²) in [5.41, 5.74) is 5.20. The van der Waals surface area contributed by atoms with E-state index in [1.54, 1.807) is 25.3 Å². The van der Waals surface area contributed by atoms with E-state index in [0.717, 1.165) is 5.39 Å². The largest absolute Gasteiger partial charge is 0.496 e. The van der Waals surface area contributed by atoms with Crippen LogP contribution in [0.15, 0.2) is 41.3 Å². The van der Waals surface area contributed by atoms with Gasteiger partial charge in [-0.3, -0.25) is 0 Å². The molecule has 2 aromatic carbocycles. The van der Waals surface area contributed by atoms with Crippen LogP contribution in [0.3, 0.4) is 0 Å². The van der Waals surface area contributed by atoms with Gasteiger partial charge >= 0.3 is 0 Å². The van der Waals surface area contributed by atoms with Crippen LogP contribution in [-0.2, 0) is 10.0 Å². The Balaban J connectivity index is 0.00000288. The highest BCUT2D eigenvalue weighted by Crippen LogP contribution is 2.31. The maximum Gasteiger partial charge on any atom is 0.241 e. The number of rotatable bonds is 7. The van der Waals surface area contributed by atoms with E-state index in [1.165, 1.54) is 0 Å². The van der Waals surface area contributed by atoms with Crippen LogP contribution < -0.4 is 15.2 Å². The number of nitrogens with one attached hydrogen (secondary N) is 1. The minimum absolute atomic E-state index is 0. The Morgan fingerprint density at radius 1 is 1.08 bits per heavy atom. The van der Waals surface area contributed by atoms with Crippen molar-refractivity contribution in [2.45, 2.75) is 37.1 Å². The predicted molar refractivity (Wildman–Crippen MR) is 100 cm³/mol. The van der Waals surface area contributed by atoms with E-state index in [4.69, 9.17) is 10.5 Å². The van der Waals surface area contributed by atoms with Gasteiger partial charge in [-0.15, -0.1) is 12.4 Å². The van der Waals surface area contributed by atoms with Gasteiger partial charge < -0.3 is 10.5 Å². The normalized spacial score (nSPS) is 12.0. The first-order valence-corrected chi connectivity index (χ1v) is 9.21. The van der Waals surface area contributed by atoms with Crippen LogP contribution in [0.2, 0.25) is 0 Å². The molecule has 7 heteroatoms. The van der Waals surface area contributed by atoms with Gasteiger partial charge in [-0.25, -0.2) is 13.1 Å². The van der Waals surface area contributed by atoms with Gasteiger partial charge in [0, 0.05) is 22.9 Å². The molecule has 0 radical (unpaired) electrons. The maximum absolute atomic E-state index is 12.9. The molecule has 134 valence electrons. The number of halogens is 1. The highest BCUT2D eigenvalue weighted by Gasteiger charge is 2.31. The number of hydrogen-bond acceptors (Lipinski definition) is 4. The lowest BCUT2D eigenvalue weighted by molar-refractivity contribution is 0.363. The Morgan fingerprint density at radius 3 is 2.17 bits per heavy atom. The van der Waals surface area contributed by atoms with Crippen LogP contribution in [0.1, 0.15) is 26.7 Å². The molecule has 3 N–H and O–H groups in total.